The van der Waals surface area contributed by atoms with Gasteiger partial charge in [-0.1, -0.05) is 11.6 Å². The molecule has 0 aliphatic carbocycles. The van der Waals surface area contributed by atoms with Crippen molar-refractivity contribution in [2.45, 2.75) is 0 Å². The van der Waals surface area contributed by atoms with E-state index in [-0.39, 0.29) is 13.1 Å². The van der Waals surface area contributed by atoms with Crippen LogP contribution in [0.2, 0.25) is 5.02 Å². The third kappa shape index (κ3) is 3.84. The highest BCUT2D eigenvalue weighted by Gasteiger charge is 2.14. The summed E-state index contributed by atoms with van der Waals surface area (Å²) >= 11 is 5.75. The normalized spacial score (nSPS) is 9.94. The lowest BCUT2D eigenvalue weighted by Crippen LogP contribution is -2.40. The fourth-order valence-corrected chi connectivity index (χ4v) is 1.60. The Morgan fingerprint density at radius 1 is 1.18 bits per heavy atom. The van der Waals surface area contributed by atoms with Gasteiger partial charge in [0, 0.05) is 5.02 Å². The fraction of sp³-hybridized carbons (Fsp3) is 0.200. The van der Waals surface area contributed by atoms with Crippen LogP contribution in [-0.2, 0) is 9.59 Å². The van der Waals surface area contributed by atoms with Crippen LogP contribution in [0.25, 0.3) is 0 Å². The Balaban J connectivity index is 3.02. The molecule has 0 bridgehead atoms. The molecule has 0 saturated carbocycles. The van der Waals surface area contributed by atoms with Crippen molar-refractivity contribution in [1.82, 2.24) is 0 Å². The molecule has 0 fully saturated rings. The molecule has 17 heavy (non-hydrogen) atoms. The summed E-state index contributed by atoms with van der Waals surface area (Å²) in [6.07, 6.45) is 0. The molecule has 92 valence electrons. The second-order valence-corrected chi connectivity index (χ2v) is 3.93. The van der Waals surface area contributed by atoms with Crippen LogP contribution >= 0.6 is 11.6 Å². The van der Waals surface area contributed by atoms with Crippen molar-refractivity contribution in [1.29, 1.82) is 0 Å². The maximum absolute atomic E-state index is 10.9. The highest BCUT2D eigenvalue weighted by atomic mass is 35.5. The van der Waals surface area contributed by atoms with Gasteiger partial charge in [-0.25, -0.2) is 0 Å². The van der Waals surface area contributed by atoms with Crippen molar-refractivity contribution in [3.63, 3.8) is 0 Å². The molecule has 1 aromatic carbocycles. The van der Waals surface area contributed by atoms with Crippen LogP contribution in [0.1, 0.15) is 0 Å². The Morgan fingerprint density at radius 2 is 1.71 bits per heavy atom. The molecule has 0 radical (unpaired) electrons. The number of carbonyl (C=O) groups excluding carboxylic acids is 2. The zero-order chi connectivity index (χ0) is 13.0. The molecule has 1 aromatic rings. The first kappa shape index (κ1) is 13.1. The van der Waals surface area contributed by atoms with E-state index in [0.29, 0.717) is 16.4 Å². The van der Waals surface area contributed by atoms with Gasteiger partial charge in [-0.2, -0.15) is 0 Å². The number of anilines is 2. The summed E-state index contributed by atoms with van der Waals surface area (Å²) in [5, 5.41) is 0.462. The lowest BCUT2D eigenvalue weighted by Gasteiger charge is -2.23. The smallest absolute Gasteiger partial charge is 0.236 e. The van der Waals surface area contributed by atoms with E-state index in [0.717, 1.165) is 0 Å². The van der Waals surface area contributed by atoms with Crippen LogP contribution < -0.4 is 22.1 Å². The van der Waals surface area contributed by atoms with Gasteiger partial charge in [-0.15, -0.1) is 0 Å². The van der Waals surface area contributed by atoms with Crippen molar-refractivity contribution in [3.05, 3.63) is 23.2 Å². The number of nitrogen functional groups attached to an aromatic ring is 1. The largest absolute Gasteiger partial charge is 0.397 e. The molecule has 1 rings (SSSR count). The van der Waals surface area contributed by atoms with E-state index in [4.69, 9.17) is 28.8 Å². The van der Waals surface area contributed by atoms with Crippen LogP contribution in [0.15, 0.2) is 18.2 Å². The average Bonchev–Trinajstić information content (AvgIpc) is 2.14. The zero-order valence-electron chi connectivity index (χ0n) is 9.02. The quantitative estimate of drug-likeness (QED) is 0.627. The van der Waals surface area contributed by atoms with Crippen LogP contribution in [0.4, 0.5) is 11.4 Å². The molecular weight excluding hydrogens is 244 g/mol. The summed E-state index contributed by atoms with van der Waals surface area (Å²) in [5.41, 5.74) is 16.8. The lowest BCUT2D eigenvalue weighted by molar-refractivity contribution is -0.117. The van der Waals surface area contributed by atoms with E-state index in [1.165, 1.54) is 11.0 Å². The molecule has 0 atom stereocenters. The van der Waals surface area contributed by atoms with E-state index in [1.807, 2.05) is 0 Å². The maximum Gasteiger partial charge on any atom is 0.236 e. The number of hydrogen-bond acceptors (Lipinski definition) is 4. The number of rotatable bonds is 5. The molecule has 0 unspecified atom stereocenters. The first-order valence-corrected chi connectivity index (χ1v) is 5.14. The molecule has 6 nitrogen and oxygen atoms in total. The number of halogens is 1. The van der Waals surface area contributed by atoms with Crippen LogP contribution in [0.5, 0.6) is 0 Å². The molecule has 6 N–H and O–H groups in total. The molecule has 2 amide bonds. The standard InChI is InChI=1S/C10H13ClN4O2/c11-6-1-2-8(7(12)3-6)15(4-9(13)16)5-10(14)17/h1-3H,4-5,12H2,(H2,13,16)(H2,14,17). The average molecular weight is 257 g/mol. The molecule has 0 saturated heterocycles. The molecule has 0 spiro atoms. The van der Waals surface area contributed by atoms with Gasteiger partial charge >= 0.3 is 0 Å². The molecule has 0 heterocycles. The van der Waals surface area contributed by atoms with E-state index in [9.17, 15) is 9.59 Å². The second-order valence-electron chi connectivity index (χ2n) is 3.49. The Morgan fingerprint density at radius 3 is 2.12 bits per heavy atom. The SMILES string of the molecule is NC(=O)CN(CC(N)=O)c1ccc(Cl)cc1N. The van der Waals surface area contributed by atoms with Gasteiger partial charge < -0.3 is 22.1 Å². The van der Waals surface area contributed by atoms with Crippen molar-refractivity contribution < 1.29 is 9.59 Å². The van der Waals surface area contributed by atoms with Crippen molar-refractivity contribution in [3.8, 4) is 0 Å². The van der Waals surface area contributed by atoms with Gasteiger partial charge in [0.1, 0.15) is 0 Å². The Labute approximate surface area is 103 Å². The number of nitrogens with zero attached hydrogens (tertiary/aromatic N) is 1. The van der Waals surface area contributed by atoms with Gasteiger partial charge in [0.05, 0.1) is 24.5 Å². The monoisotopic (exact) mass is 256 g/mol. The van der Waals surface area contributed by atoms with Crippen molar-refractivity contribution in [2.24, 2.45) is 11.5 Å². The number of carbonyl (C=O) groups is 2. The van der Waals surface area contributed by atoms with E-state index >= 15 is 0 Å². The van der Waals surface area contributed by atoms with Crippen molar-refractivity contribution in [2.75, 3.05) is 23.7 Å². The van der Waals surface area contributed by atoms with E-state index in [2.05, 4.69) is 0 Å². The number of amides is 2. The molecule has 7 heteroatoms. The highest BCUT2D eigenvalue weighted by molar-refractivity contribution is 6.31. The summed E-state index contributed by atoms with van der Waals surface area (Å²) < 4.78 is 0. The molecule has 0 aliphatic rings. The van der Waals surface area contributed by atoms with Crippen LogP contribution in [-0.4, -0.2) is 24.9 Å². The van der Waals surface area contributed by atoms with Gasteiger partial charge in [-0.3, -0.25) is 9.59 Å². The van der Waals surface area contributed by atoms with E-state index in [1.54, 1.807) is 12.1 Å². The van der Waals surface area contributed by atoms with Gasteiger partial charge in [0.25, 0.3) is 0 Å². The lowest BCUT2D eigenvalue weighted by atomic mass is 10.2. The minimum absolute atomic E-state index is 0.144. The van der Waals surface area contributed by atoms with Gasteiger partial charge in [0.2, 0.25) is 11.8 Å². The fourth-order valence-electron chi connectivity index (χ4n) is 1.42. The number of benzene rings is 1. The Hall–Kier alpha value is -1.95. The summed E-state index contributed by atoms with van der Waals surface area (Å²) in [4.78, 5) is 23.2. The Bertz CT molecular complexity index is 434. The summed E-state index contributed by atoms with van der Waals surface area (Å²) in [6, 6.07) is 4.72. The van der Waals surface area contributed by atoms with Crippen molar-refractivity contribution >= 4 is 34.8 Å². The predicted molar refractivity (Wildman–Crippen MR) is 66.5 cm³/mol. The van der Waals surface area contributed by atoms with Gasteiger partial charge in [-0.05, 0) is 18.2 Å². The third-order valence-electron chi connectivity index (χ3n) is 2.02. The number of nitrogens with two attached hydrogens (primary N) is 3. The third-order valence-corrected chi connectivity index (χ3v) is 2.26. The Kier molecular flexibility index (Phi) is 4.17. The first-order chi connectivity index (χ1) is 7.90. The minimum Gasteiger partial charge on any atom is -0.397 e. The minimum atomic E-state index is -0.583. The van der Waals surface area contributed by atoms with E-state index < -0.39 is 11.8 Å². The molecule has 0 aliphatic heterocycles. The first-order valence-electron chi connectivity index (χ1n) is 4.76. The molecular formula is C10H13ClN4O2. The predicted octanol–water partition coefficient (Wildman–Crippen LogP) is -0.301. The second kappa shape index (κ2) is 5.40. The highest BCUT2D eigenvalue weighted by Crippen LogP contribution is 2.26. The van der Waals surface area contributed by atoms with Gasteiger partial charge in [0.15, 0.2) is 0 Å². The van der Waals surface area contributed by atoms with Crippen LogP contribution in [0, 0.1) is 0 Å². The topological polar surface area (TPSA) is 115 Å². The molecule has 0 aromatic heterocycles. The number of hydrogen-bond donors (Lipinski definition) is 3. The zero-order valence-corrected chi connectivity index (χ0v) is 9.78. The summed E-state index contributed by atoms with van der Waals surface area (Å²) in [6.45, 7) is -0.288. The van der Waals surface area contributed by atoms with Crippen LogP contribution in [0.3, 0.4) is 0 Å². The maximum atomic E-state index is 10.9. The number of primary amides is 2. The summed E-state index contributed by atoms with van der Waals surface area (Å²) in [5.74, 6) is -1.17. The summed E-state index contributed by atoms with van der Waals surface area (Å²) in [7, 11) is 0.